The Balaban J connectivity index is 1.57. The molecule has 0 aliphatic carbocycles. The highest BCUT2D eigenvalue weighted by molar-refractivity contribution is 5.79. The number of hydrogen-bond donors (Lipinski definition) is 0. The highest BCUT2D eigenvalue weighted by atomic mass is 16.5. The van der Waals surface area contributed by atoms with Crippen LogP contribution in [0.15, 0.2) is 42.6 Å². The summed E-state index contributed by atoms with van der Waals surface area (Å²) in [5.41, 5.74) is 1.07. The standard InChI is InChI=1S/C21H27N3O3/c1-16(14-17-7-8-18(26-2)19(15-17)27-3)21(25)24-12-10-23(11-13-24)20-6-4-5-9-22-20/h4-9,15-16H,10-14H2,1-3H3. The SMILES string of the molecule is COc1ccc(CC(C)C(=O)N2CCN(c3ccccn3)CC2)cc1OC. The maximum absolute atomic E-state index is 12.9. The first-order valence-corrected chi connectivity index (χ1v) is 9.28. The highest BCUT2D eigenvalue weighted by Gasteiger charge is 2.25. The minimum atomic E-state index is -0.0792. The molecule has 1 aromatic heterocycles. The summed E-state index contributed by atoms with van der Waals surface area (Å²) in [6.07, 6.45) is 2.48. The maximum Gasteiger partial charge on any atom is 0.225 e. The van der Waals surface area contributed by atoms with Crippen LogP contribution in [0, 0.1) is 5.92 Å². The summed E-state index contributed by atoms with van der Waals surface area (Å²) in [4.78, 5) is 21.4. The summed E-state index contributed by atoms with van der Waals surface area (Å²) in [6.45, 7) is 5.07. The molecule has 6 nitrogen and oxygen atoms in total. The molecule has 0 N–H and O–H groups in total. The molecule has 1 fully saturated rings. The van der Waals surface area contributed by atoms with E-state index >= 15 is 0 Å². The summed E-state index contributed by atoms with van der Waals surface area (Å²) in [5.74, 6) is 2.49. The number of piperazine rings is 1. The zero-order chi connectivity index (χ0) is 19.2. The van der Waals surface area contributed by atoms with Gasteiger partial charge in [-0.2, -0.15) is 0 Å². The van der Waals surface area contributed by atoms with Crippen LogP contribution >= 0.6 is 0 Å². The number of aromatic nitrogens is 1. The summed E-state index contributed by atoms with van der Waals surface area (Å²) >= 11 is 0. The summed E-state index contributed by atoms with van der Waals surface area (Å²) in [6, 6.07) is 11.7. The minimum absolute atomic E-state index is 0.0792. The van der Waals surface area contributed by atoms with Crippen molar-refractivity contribution in [3.8, 4) is 11.5 Å². The van der Waals surface area contributed by atoms with Crippen molar-refractivity contribution in [3.63, 3.8) is 0 Å². The van der Waals surface area contributed by atoms with Crippen molar-refractivity contribution in [2.24, 2.45) is 5.92 Å². The monoisotopic (exact) mass is 369 g/mol. The number of methoxy groups -OCH3 is 2. The average Bonchev–Trinajstić information content (AvgIpc) is 2.73. The molecule has 6 heteroatoms. The Morgan fingerprint density at radius 3 is 2.44 bits per heavy atom. The average molecular weight is 369 g/mol. The van der Waals surface area contributed by atoms with Crippen molar-refractivity contribution in [1.82, 2.24) is 9.88 Å². The molecule has 1 saturated heterocycles. The summed E-state index contributed by atoms with van der Waals surface area (Å²) in [5, 5.41) is 0. The van der Waals surface area contributed by atoms with Crippen LogP contribution in [0.2, 0.25) is 0 Å². The Morgan fingerprint density at radius 1 is 1.07 bits per heavy atom. The molecule has 0 saturated carbocycles. The Kier molecular flexibility index (Phi) is 6.16. The number of carbonyl (C=O) groups excluding carboxylic acids is 1. The molecule has 1 aromatic carbocycles. The third-order valence-electron chi connectivity index (χ3n) is 4.98. The fourth-order valence-electron chi connectivity index (χ4n) is 3.46. The lowest BCUT2D eigenvalue weighted by Crippen LogP contribution is -2.50. The number of amides is 1. The number of ether oxygens (including phenoxy) is 2. The van der Waals surface area contributed by atoms with E-state index < -0.39 is 0 Å². The number of nitrogens with zero attached hydrogens (tertiary/aromatic N) is 3. The van der Waals surface area contributed by atoms with Crippen LogP contribution in [-0.2, 0) is 11.2 Å². The first-order chi connectivity index (χ1) is 13.1. The summed E-state index contributed by atoms with van der Waals surface area (Å²) < 4.78 is 10.6. The van der Waals surface area contributed by atoms with Gasteiger partial charge < -0.3 is 19.3 Å². The molecule has 3 rings (SSSR count). The van der Waals surface area contributed by atoms with Crippen molar-refractivity contribution in [2.45, 2.75) is 13.3 Å². The predicted molar refractivity (Wildman–Crippen MR) is 105 cm³/mol. The van der Waals surface area contributed by atoms with Gasteiger partial charge in [-0.3, -0.25) is 4.79 Å². The van der Waals surface area contributed by atoms with Crippen LogP contribution in [-0.4, -0.2) is 56.2 Å². The van der Waals surface area contributed by atoms with Gasteiger partial charge in [0.25, 0.3) is 0 Å². The number of carbonyl (C=O) groups is 1. The number of pyridine rings is 1. The van der Waals surface area contributed by atoms with E-state index in [-0.39, 0.29) is 11.8 Å². The van der Waals surface area contributed by atoms with Gasteiger partial charge in [0.15, 0.2) is 11.5 Å². The Labute approximate surface area is 160 Å². The Hall–Kier alpha value is -2.76. The normalized spacial score (nSPS) is 15.4. The van der Waals surface area contributed by atoms with Crippen LogP contribution < -0.4 is 14.4 Å². The van der Waals surface area contributed by atoms with Gasteiger partial charge in [0.1, 0.15) is 5.82 Å². The minimum Gasteiger partial charge on any atom is -0.493 e. The van der Waals surface area contributed by atoms with E-state index in [0.717, 1.165) is 37.6 Å². The quantitative estimate of drug-likeness (QED) is 0.783. The van der Waals surface area contributed by atoms with Crippen molar-refractivity contribution < 1.29 is 14.3 Å². The largest absolute Gasteiger partial charge is 0.493 e. The molecular weight excluding hydrogens is 342 g/mol. The van der Waals surface area contributed by atoms with Crippen LogP contribution in [0.25, 0.3) is 0 Å². The summed E-state index contributed by atoms with van der Waals surface area (Å²) in [7, 11) is 3.24. The van der Waals surface area contributed by atoms with Crippen LogP contribution in [0.5, 0.6) is 11.5 Å². The van der Waals surface area contributed by atoms with E-state index in [1.807, 2.05) is 48.2 Å². The number of benzene rings is 1. The van der Waals surface area contributed by atoms with Crippen molar-refractivity contribution in [1.29, 1.82) is 0 Å². The second-order valence-corrected chi connectivity index (χ2v) is 6.79. The molecule has 2 aromatic rings. The van der Waals surface area contributed by atoms with Gasteiger partial charge in [-0.1, -0.05) is 19.1 Å². The third-order valence-corrected chi connectivity index (χ3v) is 4.98. The molecule has 1 amide bonds. The van der Waals surface area contributed by atoms with Gasteiger partial charge >= 0.3 is 0 Å². The molecule has 1 atom stereocenters. The van der Waals surface area contributed by atoms with Crippen LogP contribution in [0.3, 0.4) is 0 Å². The van der Waals surface area contributed by atoms with Crippen LogP contribution in [0.4, 0.5) is 5.82 Å². The van der Waals surface area contributed by atoms with E-state index in [9.17, 15) is 4.79 Å². The van der Waals surface area contributed by atoms with Crippen molar-refractivity contribution >= 4 is 11.7 Å². The predicted octanol–water partition coefficient (Wildman–Crippen LogP) is 2.63. The van der Waals surface area contributed by atoms with E-state index in [0.29, 0.717) is 17.9 Å². The molecule has 27 heavy (non-hydrogen) atoms. The lowest BCUT2D eigenvalue weighted by atomic mass is 9.99. The zero-order valence-electron chi connectivity index (χ0n) is 16.2. The maximum atomic E-state index is 12.9. The lowest BCUT2D eigenvalue weighted by molar-refractivity contribution is -0.135. The van der Waals surface area contributed by atoms with E-state index in [2.05, 4.69) is 9.88 Å². The molecule has 0 radical (unpaired) electrons. The molecule has 1 aliphatic heterocycles. The molecule has 0 bridgehead atoms. The van der Waals surface area contributed by atoms with Crippen molar-refractivity contribution in [3.05, 3.63) is 48.2 Å². The molecule has 1 aliphatic rings. The highest BCUT2D eigenvalue weighted by Crippen LogP contribution is 2.28. The van der Waals surface area contributed by atoms with E-state index in [4.69, 9.17) is 9.47 Å². The number of rotatable bonds is 6. The fraction of sp³-hybridized carbons (Fsp3) is 0.429. The van der Waals surface area contributed by atoms with Gasteiger partial charge in [-0.05, 0) is 36.2 Å². The zero-order valence-corrected chi connectivity index (χ0v) is 16.2. The molecule has 144 valence electrons. The topological polar surface area (TPSA) is 54.9 Å². The van der Waals surface area contributed by atoms with Gasteiger partial charge in [0.05, 0.1) is 14.2 Å². The molecule has 1 unspecified atom stereocenters. The third kappa shape index (κ3) is 4.51. The first kappa shape index (κ1) is 19.0. The second kappa shape index (κ2) is 8.75. The van der Waals surface area contributed by atoms with Gasteiger partial charge in [-0.25, -0.2) is 4.98 Å². The second-order valence-electron chi connectivity index (χ2n) is 6.79. The van der Waals surface area contributed by atoms with Gasteiger partial charge in [0.2, 0.25) is 5.91 Å². The Morgan fingerprint density at radius 2 is 1.81 bits per heavy atom. The van der Waals surface area contributed by atoms with Crippen LogP contribution in [0.1, 0.15) is 12.5 Å². The number of anilines is 1. The Bertz CT molecular complexity index is 759. The smallest absolute Gasteiger partial charge is 0.225 e. The molecular formula is C21H27N3O3. The van der Waals surface area contributed by atoms with E-state index in [1.54, 1.807) is 20.4 Å². The first-order valence-electron chi connectivity index (χ1n) is 9.28. The van der Waals surface area contributed by atoms with E-state index in [1.165, 1.54) is 0 Å². The van der Waals surface area contributed by atoms with Gasteiger partial charge in [0, 0.05) is 38.3 Å². The fourth-order valence-corrected chi connectivity index (χ4v) is 3.46. The number of hydrogen-bond acceptors (Lipinski definition) is 5. The van der Waals surface area contributed by atoms with Crippen molar-refractivity contribution in [2.75, 3.05) is 45.3 Å². The molecule has 0 spiro atoms. The lowest BCUT2D eigenvalue weighted by Gasteiger charge is -2.36. The molecule has 2 heterocycles. The van der Waals surface area contributed by atoms with Gasteiger partial charge in [-0.15, -0.1) is 0 Å².